The average Bonchev–Trinajstić information content (AvgIpc) is 2.92. The number of nitrogens with zero attached hydrogens (tertiary/aromatic N) is 2. The number of carbonyl (C=O) groups is 1. The second kappa shape index (κ2) is 4.76. The highest BCUT2D eigenvalue weighted by Gasteiger charge is 2.29. The molecule has 2 aromatic rings. The number of carbonyl (C=O) groups excluding carboxylic acids is 1. The van der Waals surface area contributed by atoms with E-state index in [1.165, 1.54) is 0 Å². The lowest BCUT2D eigenvalue weighted by atomic mass is 10.1. The number of hydrogen-bond acceptors (Lipinski definition) is 3. The van der Waals surface area contributed by atoms with Gasteiger partial charge < -0.3 is 15.2 Å². The molecule has 20 heavy (non-hydrogen) atoms. The molecule has 2 heterocycles. The van der Waals surface area contributed by atoms with Crippen LogP contribution in [0.2, 0.25) is 0 Å². The Morgan fingerprint density at radius 1 is 1.40 bits per heavy atom. The summed E-state index contributed by atoms with van der Waals surface area (Å²) in [5.74, 6) is 0.0116. The molecular formula is C15H18N4O. The third-order valence-electron chi connectivity index (χ3n) is 3.81. The number of likely N-dealkylation sites (N-methyl/N-ethyl adjacent to an activating group) is 1. The second-order valence-corrected chi connectivity index (χ2v) is 5.04. The maximum absolute atomic E-state index is 11.9. The molecule has 0 spiro atoms. The number of nitrogens with one attached hydrogen (secondary N) is 2. The zero-order valence-corrected chi connectivity index (χ0v) is 11.9. The van der Waals surface area contributed by atoms with Gasteiger partial charge in [0.05, 0.1) is 12.0 Å². The summed E-state index contributed by atoms with van der Waals surface area (Å²) in [6.45, 7) is 6.79. The third kappa shape index (κ3) is 1.91. The van der Waals surface area contributed by atoms with Crippen LogP contribution in [0, 0.1) is 13.8 Å². The number of aryl methyl sites for hydroxylation is 1. The van der Waals surface area contributed by atoms with Crippen LogP contribution < -0.4 is 10.6 Å². The Morgan fingerprint density at radius 3 is 2.85 bits per heavy atom. The highest BCUT2D eigenvalue weighted by molar-refractivity contribution is 6.02. The maximum Gasteiger partial charge on any atom is 0.246 e. The fraction of sp³-hybridized carbons (Fsp3) is 0.333. The molecular weight excluding hydrogens is 252 g/mol. The molecule has 104 valence electrons. The maximum atomic E-state index is 11.9. The highest BCUT2D eigenvalue weighted by Crippen LogP contribution is 2.32. The van der Waals surface area contributed by atoms with Crippen LogP contribution in [0.5, 0.6) is 0 Å². The number of aromatic nitrogens is 2. The lowest BCUT2D eigenvalue weighted by molar-refractivity contribution is -0.117. The van der Waals surface area contributed by atoms with Gasteiger partial charge in [-0.1, -0.05) is 13.0 Å². The Morgan fingerprint density at radius 2 is 2.20 bits per heavy atom. The van der Waals surface area contributed by atoms with Gasteiger partial charge in [-0.2, -0.15) is 0 Å². The molecule has 1 aromatic heterocycles. The molecule has 1 aromatic carbocycles. The van der Waals surface area contributed by atoms with Gasteiger partial charge in [0, 0.05) is 22.6 Å². The van der Waals surface area contributed by atoms with Gasteiger partial charge in [0.1, 0.15) is 6.04 Å². The van der Waals surface area contributed by atoms with Crippen LogP contribution in [-0.2, 0) is 4.79 Å². The van der Waals surface area contributed by atoms with E-state index in [9.17, 15) is 4.79 Å². The van der Waals surface area contributed by atoms with Crippen molar-refractivity contribution in [2.75, 3.05) is 11.9 Å². The quantitative estimate of drug-likeness (QED) is 0.898. The van der Waals surface area contributed by atoms with Gasteiger partial charge >= 0.3 is 0 Å². The first-order valence-electron chi connectivity index (χ1n) is 6.81. The molecule has 1 atom stereocenters. The zero-order chi connectivity index (χ0) is 14.3. The lowest BCUT2D eigenvalue weighted by Gasteiger charge is -2.10. The number of fused-ring (bicyclic) bond motifs is 1. The third-order valence-corrected chi connectivity index (χ3v) is 3.81. The summed E-state index contributed by atoms with van der Waals surface area (Å²) in [7, 11) is 0. The number of anilines is 1. The lowest BCUT2D eigenvalue weighted by Crippen LogP contribution is -2.27. The van der Waals surface area contributed by atoms with Crippen molar-refractivity contribution in [1.29, 1.82) is 0 Å². The van der Waals surface area contributed by atoms with Gasteiger partial charge in [-0.05, 0) is 32.5 Å². The van der Waals surface area contributed by atoms with E-state index in [1.54, 1.807) is 0 Å². The van der Waals surface area contributed by atoms with E-state index in [2.05, 4.69) is 15.6 Å². The van der Waals surface area contributed by atoms with E-state index in [-0.39, 0.29) is 11.9 Å². The standard InChI is InChI=1S/C15H18N4O/c1-4-16-14-12-6-5-11(7-13(12)18-15(14)20)19-8-17-9(2)10(19)3/h5-8,14,16H,4H2,1-3H3,(H,18,20). The first-order chi connectivity index (χ1) is 9.61. The predicted octanol–water partition coefficient (Wildman–Crippen LogP) is 2.09. The number of hydrogen-bond donors (Lipinski definition) is 2. The molecule has 0 aliphatic carbocycles. The summed E-state index contributed by atoms with van der Waals surface area (Å²) < 4.78 is 2.03. The smallest absolute Gasteiger partial charge is 0.246 e. The van der Waals surface area contributed by atoms with Crippen molar-refractivity contribution in [2.24, 2.45) is 0 Å². The molecule has 1 aliphatic heterocycles. The van der Waals surface area contributed by atoms with Crippen LogP contribution in [-0.4, -0.2) is 22.0 Å². The van der Waals surface area contributed by atoms with Crippen molar-refractivity contribution in [3.05, 3.63) is 41.5 Å². The van der Waals surface area contributed by atoms with E-state index in [0.29, 0.717) is 0 Å². The van der Waals surface area contributed by atoms with E-state index in [0.717, 1.165) is 34.9 Å². The summed E-state index contributed by atoms with van der Waals surface area (Å²) in [4.78, 5) is 16.3. The van der Waals surface area contributed by atoms with Crippen molar-refractivity contribution >= 4 is 11.6 Å². The van der Waals surface area contributed by atoms with E-state index in [4.69, 9.17) is 0 Å². The molecule has 0 saturated heterocycles. The fourth-order valence-corrected chi connectivity index (χ4v) is 2.57. The van der Waals surface area contributed by atoms with Crippen LogP contribution in [0.3, 0.4) is 0 Å². The first kappa shape index (κ1) is 12.9. The van der Waals surface area contributed by atoms with Crippen LogP contribution in [0.1, 0.15) is 29.9 Å². The molecule has 0 bridgehead atoms. The van der Waals surface area contributed by atoms with E-state index in [1.807, 2.05) is 49.9 Å². The molecule has 0 fully saturated rings. The monoisotopic (exact) mass is 270 g/mol. The fourth-order valence-electron chi connectivity index (χ4n) is 2.57. The summed E-state index contributed by atoms with van der Waals surface area (Å²) >= 11 is 0. The second-order valence-electron chi connectivity index (χ2n) is 5.04. The molecule has 3 rings (SSSR count). The molecule has 1 aliphatic rings. The molecule has 5 heteroatoms. The normalized spacial score (nSPS) is 17.1. The van der Waals surface area contributed by atoms with Crippen molar-refractivity contribution in [3.63, 3.8) is 0 Å². The topological polar surface area (TPSA) is 59.0 Å². The van der Waals surface area contributed by atoms with Crippen LogP contribution in [0.15, 0.2) is 24.5 Å². The number of rotatable bonds is 3. The van der Waals surface area contributed by atoms with Gasteiger partial charge in [-0.3, -0.25) is 4.79 Å². The highest BCUT2D eigenvalue weighted by atomic mass is 16.2. The van der Waals surface area contributed by atoms with Gasteiger partial charge in [0.15, 0.2) is 0 Å². The summed E-state index contributed by atoms with van der Waals surface area (Å²) in [5.41, 5.74) is 5.02. The number of amides is 1. The zero-order valence-electron chi connectivity index (χ0n) is 11.9. The minimum absolute atomic E-state index is 0.0116. The van der Waals surface area contributed by atoms with Gasteiger partial charge in [-0.25, -0.2) is 4.98 Å². The predicted molar refractivity (Wildman–Crippen MR) is 78.1 cm³/mol. The molecule has 5 nitrogen and oxygen atoms in total. The minimum Gasteiger partial charge on any atom is -0.324 e. The first-order valence-corrected chi connectivity index (χ1v) is 6.81. The Hall–Kier alpha value is -2.14. The molecule has 0 radical (unpaired) electrons. The summed E-state index contributed by atoms with van der Waals surface area (Å²) in [6, 6.07) is 5.79. The Kier molecular flexibility index (Phi) is 3.06. The summed E-state index contributed by atoms with van der Waals surface area (Å²) in [5, 5.41) is 6.13. The van der Waals surface area contributed by atoms with Gasteiger partial charge in [0.2, 0.25) is 5.91 Å². The van der Waals surface area contributed by atoms with Gasteiger partial charge in [0.25, 0.3) is 0 Å². The average molecular weight is 270 g/mol. The molecule has 0 saturated carbocycles. The minimum atomic E-state index is -0.241. The van der Waals surface area contributed by atoms with Crippen LogP contribution in [0.4, 0.5) is 5.69 Å². The van der Waals surface area contributed by atoms with Crippen molar-refractivity contribution in [3.8, 4) is 5.69 Å². The Balaban J connectivity index is 2.01. The van der Waals surface area contributed by atoms with E-state index < -0.39 is 0 Å². The van der Waals surface area contributed by atoms with Crippen LogP contribution >= 0.6 is 0 Å². The molecule has 1 amide bonds. The molecule has 2 N–H and O–H groups in total. The Bertz CT molecular complexity index is 675. The van der Waals surface area contributed by atoms with Crippen molar-refractivity contribution < 1.29 is 4.79 Å². The number of benzene rings is 1. The largest absolute Gasteiger partial charge is 0.324 e. The van der Waals surface area contributed by atoms with Crippen LogP contribution in [0.25, 0.3) is 5.69 Å². The van der Waals surface area contributed by atoms with Crippen molar-refractivity contribution in [2.45, 2.75) is 26.8 Å². The SMILES string of the molecule is CCNC1C(=O)Nc2cc(-n3cnc(C)c3C)ccc21. The van der Waals surface area contributed by atoms with Crippen molar-refractivity contribution in [1.82, 2.24) is 14.9 Å². The summed E-state index contributed by atoms with van der Waals surface area (Å²) in [6.07, 6.45) is 1.81. The van der Waals surface area contributed by atoms with E-state index >= 15 is 0 Å². The Labute approximate surface area is 118 Å². The number of imidazole rings is 1. The molecule has 1 unspecified atom stereocenters. The van der Waals surface area contributed by atoms with Gasteiger partial charge in [-0.15, -0.1) is 0 Å².